The summed E-state index contributed by atoms with van der Waals surface area (Å²) in [4.78, 5) is 12.4. The third kappa shape index (κ3) is 4.91. The first kappa shape index (κ1) is 18.2. The molecule has 0 spiro atoms. The number of hydrogen-bond donors (Lipinski definition) is 2. The molecule has 0 atom stereocenters. The van der Waals surface area contributed by atoms with E-state index in [1.165, 1.54) is 12.1 Å². The fourth-order valence-electron chi connectivity index (χ4n) is 2.17. The monoisotopic (exact) mass is 346 g/mol. The van der Waals surface area contributed by atoms with Crippen molar-refractivity contribution in [3.05, 3.63) is 59.7 Å². The summed E-state index contributed by atoms with van der Waals surface area (Å²) in [5.41, 5.74) is 1.53. The minimum Gasteiger partial charge on any atom is -0.322 e. The van der Waals surface area contributed by atoms with E-state index in [0.717, 1.165) is 5.56 Å². The molecular formula is C18H22N2O3S. The summed E-state index contributed by atoms with van der Waals surface area (Å²) >= 11 is 0. The van der Waals surface area contributed by atoms with Crippen LogP contribution < -0.4 is 10.0 Å². The van der Waals surface area contributed by atoms with E-state index >= 15 is 0 Å². The van der Waals surface area contributed by atoms with E-state index in [-0.39, 0.29) is 10.8 Å². The summed E-state index contributed by atoms with van der Waals surface area (Å²) in [6.45, 7) is 7.25. The van der Waals surface area contributed by atoms with Gasteiger partial charge in [0.05, 0.1) is 4.90 Å². The SMILES string of the molecule is Cc1cccc(C(=O)Nc2ccc(S(=O)(=O)NC(C)(C)C)cc2)c1. The molecule has 5 nitrogen and oxygen atoms in total. The highest BCUT2D eigenvalue weighted by atomic mass is 32.2. The number of anilines is 1. The van der Waals surface area contributed by atoms with Gasteiger partial charge in [0.1, 0.15) is 0 Å². The Hall–Kier alpha value is -2.18. The van der Waals surface area contributed by atoms with Gasteiger partial charge in [-0.2, -0.15) is 0 Å². The van der Waals surface area contributed by atoms with Crippen LogP contribution in [0, 0.1) is 6.92 Å². The topological polar surface area (TPSA) is 75.3 Å². The second kappa shape index (κ2) is 6.75. The molecule has 2 rings (SSSR count). The van der Waals surface area contributed by atoms with E-state index in [0.29, 0.717) is 11.3 Å². The summed E-state index contributed by atoms with van der Waals surface area (Å²) < 4.78 is 27.1. The normalized spacial score (nSPS) is 12.0. The van der Waals surface area contributed by atoms with E-state index in [4.69, 9.17) is 0 Å². The maximum Gasteiger partial charge on any atom is 0.255 e. The van der Waals surface area contributed by atoms with Gasteiger partial charge in [-0.05, 0) is 64.1 Å². The Balaban J connectivity index is 2.14. The molecule has 0 saturated carbocycles. The maximum atomic E-state index is 12.2. The highest BCUT2D eigenvalue weighted by molar-refractivity contribution is 7.89. The maximum absolute atomic E-state index is 12.2. The molecule has 0 aliphatic heterocycles. The van der Waals surface area contributed by atoms with Crippen LogP contribution in [0.15, 0.2) is 53.4 Å². The van der Waals surface area contributed by atoms with Crippen molar-refractivity contribution in [1.29, 1.82) is 0 Å². The molecule has 24 heavy (non-hydrogen) atoms. The Kier molecular flexibility index (Phi) is 5.11. The van der Waals surface area contributed by atoms with Crippen LogP contribution in [0.3, 0.4) is 0 Å². The average molecular weight is 346 g/mol. The van der Waals surface area contributed by atoms with Crippen LogP contribution in [0.25, 0.3) is 0 Å². The van der Waals surface area contributed by atoms with Crippen molar-refractivity contribution in [2.24, 2.45) is 0 Å². The molecule has 0 radical (unpaired) electrons. The Morgan fingerprint density at radius 3 is 2.17 bits per heavy atom. The third-order valence-corrected chi connectivity index (χ3v) is 4.92. The Morgan fingerprint density at radius 1 is 1.00 bits per heavy atom. The zero-order valence-corrected chi connectivity index (χ0v) is 15.1. The number of carbonyl (C=O) groups excluding carboxylic acids is 1. The van der Waals surface area contributed by atoms with Crippen molar-refractivity contribution in [2.75, 3.05) is 5.32 Å². The molecule has 0 bridgehead atoms. The highest BCUT2D eigenvalue weighted by Gasteiger charge is 2.21. The van der Waals surface area contributed by atoms with Crippen molar-refractivity contribution in [3.63, 3.8) is 0 Å². The van der Waals surface area contributed by atoms with Crippen LogP contribution in [-0.4, -0.2) is 19.9 Å². The van der Waals surface area contributed by atoms with Crippen LogP contribution in [0.2, 0.25) is 0 Å². The summed E-state index contributed by atoms with van der Waals surface area (Å²) in [6, 6.07) is 13.3. The van der Waals surface area contributed by atoms with Crippen molar-refractivity contribution < 1.29 is 13.2 Å². The molecule has 0 unspecified atom stereocenters. The second-order valence-electron chi connectivity index (χ2n) is 6.70. The first-order valence-electron chi connectivity index (χ1n) is 7.59. The van der Waals surface area contributed by atoms with Gasteiger partial charge in [0.15, 0.2) is 0 Å². The fourth-order valence-corrected chi connectivity index (χ4v) is 3.59. The number of nitrogens with one attached hydrogen (secondary N) is 2. The van der Waals surface area contributed by atoms with Gasteiger partial charge in [-0.15, -0.1) is 0 Å². The molecule has 0 aliphatic rings. The smallest absolute Gasteiger partial charge is 0.255 e. The van der Waals surface area contributed by atoms with E-state index < -0.39 is 15.6 Å². The average Bonchev–Trinajstić information content (AvgIpc) is 2.45. The van der Waals surface area contributed by atoms with Gasteiger partial charge in [0.2, 0.25) is 10.0 Å². The number of benzene rings is 2. The Morgan fingerprint density at radius 2 is 1.62 bits per heavy atom. The molecule has 1 amide bonds. The van der Waals surface area contributed by atoms with Crippen molar-refractivity contribution in [2.45, 2.75) is 38.1 Å². The molecule has 2 aromatic rings. The molecule has 2 N–H and O–H groups in total. The first-order chi connectivity index (χ1) is 11.1. The minimum absolute atomic E-state index is 0.158. The minimum atomic E-state index is -3.58. The lowest BCUT2D eigenvalue weighted by atomic mass is 10.1. The summed E-state index contributed by atoms with van der Waals surface area (Å²) in [7, 11) is -3.58. The predicted octanol–water partition coefficient (Wildman–Crippen LogP) is 3.32. The quantitative estimate of drug-likeness (QED) is 0.892. The van der Waals surface area contributed by atoms with Gasteiger partial charge in [-0.25, -0.2) is 13.1 Å². The van der Waals surface area contributed by atoms with E-state index in [9.17, 15) is 13.2 Å². The number of amides is 1. The highest BCUT2D eigenvalue weighted by Crippen LogP contribution is 2.17. The van der Waals surface area contributed by atoms with E-state index in [1.54, 1.807) is 45.0 Å². The number of rotatable bonds is 4. The number of aryl methyl sites for hydroxylation is 1. The van der Waals surface area contributed by atoms with Gasteiger partial charge in [-0.1, -0.05) is 17.7 Å². The summed E-state index contributed by atoms with van der Waals surface area (Å²) in [5.74, 6) is -0.234. The van der Waals surface area contributed by atoms with Gasteiger partial charge in [-0.3, -0.25) is 4.79 Å². The van der Waals surface area contributed by atoms with Crippen molar-refractivity contribution >= 4 is 21.6 Å². The van der Waals surface area contributed by atoms with Gasteiger partial charge in [0, 0.05) is 16.8 Å². The Bertz CT molecular complexity index is 835. The summed E-state index contributed by atoms with van der Waals surface area (Å²) in [5, 5.41) is 2.76. The molecule has 0 saturated heterocycles. The molecule has 2 aromatic carbocycles. The largest absolute Gasteiger partial charge is 0.322 e. The zero-order chi connectivity index (χ0) is 18.0. The second-order valence-corrected chi connectivity index (χ2v) is 8.39. The van der Waals surface area contributed by atoms with Gasteiger partial charge >= 0.3 is 0 Å². The molecule has 6 heteroatoms. The standard InChI is InChI=1S/C18H22N2O3S/c1-13-6-5-7-14(12-13)17(21)19-15-8-10-16(11-9-15)24(22,23)20-18(2,3)4/h5-12,20H,1-4H3,(H,19,21). The lowest BCUT2D eigenvalue weighted by Gasteiger charge is -2.20. The number of carbonyl (C=O) groups is 1. The molecule has 0 heterocycles. The van der Waals surface area contributed by atoms with Gasteiger partial charge < -0.3 is 5.32 Å². The first-order valence-corrected chi connectivity index (χ1v) is 9.07. The van der Waals surface area contributed by atoms with Crippen LogP contribution in [-0.2, 0) is 10.0 Å². The van der Waals surface area contributed by atoms with Gasteiger partial charge in [0.25, 0.3) is 5.91 Å². The lowest BCUT2D eigenvalue weighted by Crippen LogP contribution is -2.40. The molecule has 128 valence electrons. The summed E-state index contributed by atoms with van der Waals surface area (Å²) in [6.07, 6.45) is 0. The fraction of sp³-hybridized carbons (Fsp3) is 0.278. The molecule has 0 aromatic heterocycles. The third-order valence-electron chi connectivity index (χ3n) is 3.14. The zero-order valence-electron chi connectivity index (χ0n) is 14.3. The van der Waals surface area contributed by atoms with Crippen LogP contribution in [0.5, 0.6) is 0 Å². The number of hydrogen-bond acceptors (Lipinski definition) is 3. The van der Waals surface area contributed by atoms with Crippen LogP contribution in [0.1, 0.15) is 36.7 Å². The van der Waals surface area contributed by atoms with E-state index in [2.05, 4.69) is 10.0 Å². The van der Waals surface area contributed by atoms with Crippen LogP contribution in [0.4, 0.5) is 5.69 Å². The molecule has 0 fully saturated rings. The van der Waals surface area contributed by atoms with Crippen molar-refractivity contribution in [1.82, 2.24) is 4.72 Å². The van der Waals surface area contributed by atoms with Crippen LogP contribution >= 0.6 is 0 Å². The predicted molar refractivity (Wildman–Crippen MR) is 95.6 cm³/mol. The Labute approximate surface area is 143 Å². The lowest BCUT2D eigenvalue weighted by molar-refractivity contribution is 0.102. The molecule has 0 aliphatic carbocycles. The number of sulfonamides is 1. The van der Waals surface area contributed by atoms with Crippen molar-refractivity contribution in [3.8, 4) is 0 Å². The molecular weight excluding hydrogens is 324 g/mol. The van der Waals surface area contributed by atoms with E-state index in [1.807, 2.05) is 19.1 Å².